The van der Waals surface area contributed by atoms with Crippen LogP contribution in [0.5, 0.6) is 11.5 Å². The molecule has 29 heavy (non-hydrogen) atoms. The Morgan fingerprint density at radius 3 is 2.55 bits per heavy atom. The first-order chi connectivity index (χ1) is 13.8. The summed E-state index contributed by atoms with van der Waals surface area (Å²) in [5.41, 5.74) is 0.401. The molecule has 1 aliphatic rings. The van der Waals surface area contributed by atoms with Crippen molar-refractivity contribution in [3.05, 3.63) is 42.2 Å². The zero-order valence-electron chi connectivity index (χ0n) is 15.5. The minimum atomic E-state index is -4.17. The minimum Gasteiger partial charge on any atom is -0.492 e. The number of nitrogens with zero attached hydrogens (tertiary/aromatic N) is 1. The molecule has 0 atom stereocenters. The van der Waals surface area contributed by atoms with Gasteiger partial charge in [-0.15, -0.1) is 0 Å². The molecule has 0 saturated carbocycles. The van der Waals surface area contributed by atoms with E-state index in [9.17, 15) is 21.6 Å². The van der Waals surface area contributed by atoms with Gasteiger partial charge >= 0.3 is 6.61 Å². The molecule has 0 bridgehead atoms. The van der Waals surface area contributed by atoms with Crippen molar-refractivity contribution in [1.29, 1.82) is 0 Å². The van der Waals surface area contributed by atoms with Crippen molar-refractivity contribution < 1.29 is 31.1 Å². The number of alkyl halides is 2. The summed E-state index contributed by atoms with van der Waals surface area (Å²) in [4.78, 5) is 1.59. The SMILES string of the molecule is COc1c(F)cc(NS(=O)(=O)c2cccc(OC(F)F)c2)cc1N1CCNCC1. The van der Waals surface area contributed by atoms with Crippen molar-refractivity contribution >= 4 is 21.4 Å². The van der Waals surface area contributed by atoms with Gasteiger partial charge in [0.1, 0.15) is 5.75 Å². The first-order valence-electron chi connectivity index (χ1n) is 8.71. The van der Waals surface area contributed by atoms with Crippen LogP contribution in [0.4, 0.5) is 24.5 Å². The van der Waals surface area contributed by atoms with Crippen LogP contribution < -0.4 is 24.4 Å². The number of halogens is 3. The normalized spacial score (nSPS) is 14.7. The number of methoxy groups -OCH3 is 1. The molecule has 0 spiro atoms. The van der Waals surface area contributed by atoms with Gasteiger partial charge in [0.25, 0.3) is 10.0 Å². The van der Waals surface area contributed by atoms with Crippen LogP contribution in [-0.4, -0.2) is 48.3 Å². The van der Waals surface area contributed by atoms with Crippen LogP contribution in [-0.2, 0) is 10.0 Å². The highest BCUT2D eigenvalue weighted by molar-refractivity contribution is 7.92. The van der Waals surface area contributed by atoms with E-state index in [1.54, 1.807) is 0 Å². The fourth-order valence-corrected chi connectivity index (χ4v) is 4.09. The second-order valence-corrected chi connectivity index (χ2v) is 7.89. The topological polar surface area (TPSA) is 79.9 Å². The Morgan fingerprint density at radius 1 is 1.17 bits per heavy atom. The molecule has 1 aliphatic heterocycles. The Kier molecular flexibility index (Phi) is 6.38. The third-order valence-electron chi connectivity index (χ3n) is 4.28. The first-order valence-corrected chi connectivity index (χ1v) is 10.2. The Labute approximate surface area is 166 Å². The molecule has 158 valence electrons. The van der Waals surface area contributed by atoms with Gasteiger partial charge in [0, 0.05) is 38.3 Å². The molecular weight excluding hydrogens is 411 g/mol. The minimum absolute atomic E-state index is 0.0159. The average molecular weight is 431 g/mol. The molecular formula is C18H20F3N3O4S. The molecule has 2 N–H and O–H groups in total. The maximum absolute atomic E-state index is 14.5. The van der Waals surface area contributed by atoms with Gasteiger partial charge in [-0.3, -0.25) is 4.72 Å². The number of ether oxygens (including phenoxy) is 2. The summed E-state index contributed by atoms with van der Waals surface area (Å²) in [7, 11) is -2.83. The van der Waals surface area contributed by atoms with E-state index in [0.717, 1.165) is 12.1 Å². The Bertz CT molecular complexity index is 967. The molecule has 3 rings (SSSR count). The summed E-state index contributed by atoms with van der Waals surface area (Å²) in [5.74, 6) is -1.01. The zero-order chi connectivity index (χ0) is 21.0. The lowest BCUT2D eigenvalue weighted by Gasteiger charge is -2.31. The fraction of sp³-hybridized carbons (Fsp3) is 0.333. The van der Waals surface area contributed by atoms with Crippen molar-refractivity contribution in [1.82, 2.24) is 5.32 Å². The van der Waals surface area contributed by atoms with Crippen molar-refractivity contribution in [3.63, 3.8) is 0 Å². The summed E-state index contributed by atoms with van der Waals surface area (Å²) < 4.78 is 76.3. The van der Waals surface area contributed by atoms with E-state index in [1.165, 1.54) is 31.4 Å². The molecule has 2 aromatic carbocycles. The number of rotatable bonds is 7. The third kappa shape index (κ3) is 5.04. The zero-order valence-corrected chi connectivity index (χ0v) is 16.3. The summed E-state index contributed by atoms with van der Waals surface area (Å²) >= 11 is 0. The number of sulfonamides is 1. The fourth-order valence-electron chi connectivity index (χ4n) is 3.01. The lowest BCUT2D eigenvalue weighted by atomic mass is 10.2. The monoisotopic (exact) mass is 431 g/mol. The summed E-state index contributed by atoms with van der Waals surface area (Å²) in [5, 5.41) is 3.18. The predicted molar refractivity (Wildman–Crippen MR) is 102 cm³/mol. The van der Waals surface area contributed by atoms with Crippen molar-refractivity contribution in [2.75, 3.05) is 42.9 Å². The smallest absolute Gasteiger partial charge is 0.387 e. The molecule has 2 aromatic rings. The van der Waals surface area contributed by atoms with Crippen LogP contribution >= 0.6 is 0 Å². The highest BCUT2D eigenvalue weighted by atomic mass is 32.2. The van der Waals surface area contributed by atoms with Crippen molar-refractivity contribution in [2.24, 2.45) is 0 Å². The highest BCUT2D eigenvalue weighted by Gasteiger charge is 2.22. The summed E-state index contributed by atoms with van der Waals surface area (Å²) in [6.45, 7) is -0.508. The summed E-state index contributed by atoms with van der Waals surface area (Å²) in [6, 6.07) is 7.14. The van der Waals surface area contributed by atoms with Gasteiger partial charge in [-0.1, -0.05) is 6.07 Å². The summed E-state index contributed by atoms with van der Waals surface area (Å²) in [6.07, 6.45) is 0. The van der Waals surface area contributed by atoms with E-state index in [4.69, 9.17) is 4.74 Å². The largest absolute Gasteiger partial charge is 0.492 e. The van der Waals surface area contributed by atoms with Gasteiger partial charge in [-0.25, -0.2) is 12.8 Å². The number of piperazine rings is 1. The van der Waals surface area contributed by atoms with Crippen LogP contribution in [0.15, 0.2) is 41.3 Å². The van der Waals surface area contributed by atoms with E-state index in [1.807, 2.05) is 4.90 Å². The van der Waals surface area contributed by atoms with E-state index in [-0.39, 0.29) is 22.1 Å². The first kappa shape index (κ1) is 21.1. The molecule has 11 heteroatoms. The number of benzene rings is 2. The van der Waals surface area contributed by atoms with E-state index >= 15 is 0 Å². The molecule has 0 aliphatic carbocycles. The number of nitrogens with one attached hydrogen (secondary N) is 2. The molecule has 7 nitrogen and oxygen atoms in total. The van der Waals surface area contributed by atoms with E-state index < -0.39 is 22.5 Å². The third-order valence-corrected chi connectivity index (χ3v) is 5.66. The Balaban J connectivity index is 1.91. The number of hydrogen-bond donors (Lipinski definition) is 2. The molecule has 0 unspecified atom stereocenters. The van der Waals surface area contributed by atoms with Crippen LogP contribution in [0.2, 0.25) is 0 Å². The second-order valence-electron chi connectivity index (χ2n) is 6.21. The molecule has 0 amide bonds. The maximum Gasteiger partial charge on any atom is 0.387 e. The molecule has 1 heterocycles. The van der Waals surface area contributed by atoms with Crippen molar-refractivity contribution in [3.8, 4) is 11.5 Å². The lowest BCUT2D eigenvalue weighted by molar-refractivity contribution is -0.0499. The van der Waals surface area contributed by atoms with Crippen molar-refractivity contribution in [2.45, 2.75) is 11.5 Å². The molecule has 0 aromatic heterocycles. The van der Waals surface area contributed by atoms with E-state index in [0.29, 0.717) is 31.9 Å². The average Bonchev–Trinajstić information content (AvgIpc) is 2.67. The maximum atomic E-state index is 14.5. The molecule has 1 saturated heterocycles. The van der Waals surface area contributed by atoms with Gasteiger partial charge in [-0.2, -0.15) is 8.78 Å². The van der Waals surface area contributed by atoms with Gasteiger partial charge in [0.05, 0.1) is 23.4 Å². The number of hydrogen-bond acceptors (Lipinski definition) is 6. The van der Waals surface area contributed by atoms with E-state index in [2.05, 4.69) is 14.8 Å². The second kappa shape index (κ2) is 8.78. The number of anilines is 2. The van der Waals surface area contributed by atoms with Crippen LogP contribution in [0.1, 0.15) is 0 Å². The molecule has 1 fully saturated rings. The van der Waals surface area contributed by atoms with Gasteiger partial charge in [-0.05, 0) is 18.2 Å². The van der Waals surface area contributed by atoms with Crippen LogP contribution in [0.3, 0.4) is 0 Å². The van der Waals surface area contributed by atoms with Crippen LogP contribution in [0, 0.1) is 5.82 Å². The highest BCUT2D eigenvalue weighted by Crippen LogP contribution is 2.35. The predicted octanol–water partition coefficient (Wildman–Crippen LogP) is 2.65. The van der Waals surface area contributed by atoms with Gasteiger partial charge in [0.15, 0.2) is 11.6 Å². The van der Waals surface area contributed by atoms with Gasteiger partial charge < -0.3 is 19.7 Å². The van der Waals surface area contributed by atoms with Crippen LogP contribution in [0.25, 0.3) is 0 Å². The van der Waals surface area contributed by atoms with Gasteiger partial charge in [0.2, 0.25) is 0 Å². The lowest BCUT2D eigenvalue weighted by Crippen LogP contribution is -2.43. The Hall–Kier alpha value is -2.66. The quantitative estimate of drug-likeness (QED) is 0.702. The Morgan fingerprint density at radius 2 is 1.90 bits per heavy atom. The standard InChI is InChI=1S/C18H20F3N3O4S/c1-27-17-15(19)9-12(10-16(17)24-7-5-22-6-8-24)23-29(25,26)14-4-2-3-13(11-14)28-18(20)21/h2-4,9-11,18,22-23H,5-8H2,1H3. The molecule has 0 radical (unpaired) electrons.